The minimum absolute atomic E-state index is 0.0339. The van der Waals surface area contributed by atoms with Gasteiger partial charge in [-0.2, -0.15) is 0 Å². The lowest BCUT2D eigenvalue weighted by molar-refractivity contribution is -0.127. The molecule has 26 heavy (non-hydrogen) atoms. The summed E-state index contributed by atoms with van der Waals surface area (Å²) >= 11 is 0. The minimum atomic E-state index is -0.637. The Morgan fingerprint density at radius 3 is 2.77 bits per heavy atom. The third-order valence-electron chi connectivity index (χ3n) is 4.74. The molecular formula is C18H22FN3O4. The lowest BCUT2D eigenvalue weighted by atomic mass is 9.89. The maximum Gasteiger partial charge on any atom is 0.409 e. The molecular weight excluding hydrogens is 341 g/mol. The van der Waals surface area contributed by atoms with Gasteiger partial charge in [-0.3, -0.25) is 9.59 Å². The number of piperidine rings is 1. The number of amides is 3. The Bertz CT molecular complexity index is 716. The van der Waals surface area contributed by atoms with Gasteiger partial charge in [0, 0.05) is 31.2 Å². The number of ether oxygens (including phenoxy) is 1. The molecule has 2 aliphatic rings. The number of rotatable bonds is 3. The van der Waals surface area contributed by atoms with Gasteiger partial charge in [-0.25, -0.2) is 9.18 Å². The highest BCUT2D eigenvalue weighted by molar-refractivity contribution is 6.01. The number of carbonyl (C=O) groups excluding carboxylic acids is 3. The largest absolute Gasteiger partial charge is 0.450 e. The quantitative estimate of drug-likeness (QED) is 0.860. The smallest absolute Gasteiger partial charge is 0.409 e. The third-order valence-corrected chi connectivity index (χ3v) is 4.74. The lowest BCUT2D eigenvalue weighted by Gasteiger charge is -2.33. The zero-order valence-corrected chi connectivity index (χ0v) is 14.6. The highest BCUT2D eigenvalue weighted by atomic mass is 19.1. The monoisotopic (exact) mass is 363 g/mol. The van der Waals surface area contributed by atoms with Crippen molar-refractivity contribution in [1.82, 2.24) is 10.2 Å². The maximum absolute atomic E-state index is 13.4. The highest BCUT2D eigenvalue weighted by Crippen LogP contribution is 2.33. The number of hydrogen-bond donors (Lipinski definition) is 2. The molecule has 8 heteroatoms. The number of carbonyl (C=O) groups is 3. The molecule has 2 N–H and O–H groups in total. The van der Waals surface area contributed by atoms with E-state index in [1.807, 2.05) is 0 Å². The number of halogens is 1. The molecule has 3 amide bonds. The second-order valence-electron chi connectivity index (χ2n) is 6.51. The normalized spacial score (nSPS) is 20.2. The van der Waals surface area contributed by atoms with Crippen LogP contribution in [0.4, 0.5) is 14.9 Å². The van der Waals surface area contributed by atoms with Gasteiger partial charge in [-0.1, -0.05) is 6.07 Å². The maximum atomic E-state index is 13.4. The summed E-state index contributed by atoms with van der Waals surface area (Å²) in [6.07, 6.45) is 0.947. The van der Waals surface area contributed by atoms with E-state index in [1.54, 1.807) is 11.8 Å². The third kappa shape index (κ3) is 3.95. The van der Waals surface area contributed by atoms with Crippen LogP contribution in [0.5, 0.6) is 0 Å². The average molecular weight is 363 g/mol. The van der Waals surface area contributed by atoms with Crippen molar-refractivity contribution in [2.45, 2.75) is 38.1 Å². The van der Waals surface area contributed by atoms with Crippen LogP contribution in [0.1, 0.15) is 37.7 Å². The van der Waals surface area contributed by atoms with E-state index in [0.29, 0.717) is 43.8 Å². The molecule has 0 aromatic heterocycles. The first-order chi connectivity index (χ1) is 12.5. The molecule has 0 saturated carbocycles. The van der Waals surface area contributed by atoms with Crippen molar-refractivity contribution in [2.24, 2.45) is 0 Å². The molecule has 1 aromatic carbocycles. The van der Waals surface area contributed by atoms with Gasteiger partial charge in [0.05, 0.1) is 12.5 Å². The second kappa shape index (κ2) is 7.72. The Labute approximate surface area is 150 Å². The molecule has 0 bridgehead atoms. The Hall–Kier alpha value is -2.64. The van der Waals surface area contributed by atoms with Crippen LogP contribution >= 0.6 is 0 Å². The SMILES string of the molecule is CCOC(=O)N1CCC(NC(=O)C2CC(=O)Nc3cc(F)ccc32)CC1. The summed E-state index contributed by atoms with van der Waals surface area (Å²) in [4.78, 5) is 37.9. The van der Waals surface area contributed by atoms with Crippen molar-refractivity contribution in [1.29, 1.82) is 0 Å². The predicted molar refractivity (Wildman–Crippen MR) is 92.1 cm³/mol. The van der Waals surface area contributed by atoms with E-state index in [1.165, 1.54) is 18.2 Å². The van der Waals surface area contributed by atoms with Gasteiger partial charge in [-0.05, 0) is 37.5 Å². The van der Waals surface area contributed by atoms with Crippen LogP contribution in [0, 0.1) is 5.82 Å². The fraction of sp³-hybridized carbons (Fsp3) is 0.500. The number of anilines is 1. The molecule has 1 unspecified atom stereocenters. The van der Waals surface area contributed by atoms with Crippen LogP contribution in [0.3, 0.4) is 0 Å². The molecule has 2 heterocycles. The summed E-state index contributed by atoms with van der Waals surface area (Å²) in [5.74, 6) is -1.65. The fourth-order valence-electron chi connectivity index (χ4n) is 3.39. The number of nitrogens with one attached hydrogen (secondary N) is 2. The number of fused-ring (bicyclic) bond motifs is 1. The molecule has 3 rings (SSSR count). The molecule has 1 saturated heterocycles. The molecule has 1 atom stereocenters. The van der Waals surface area contributed by atoms with E-state index in [0.717, 1.165) is 0 Å². The van der Waals surface area contributed by atoms with Gasteiger partial charge >= 0.3 is 6.09 Å². The van der Waals surface area contributed by atoms with Gasteiger partial charge in [-0.15, -0.1) is 0 Å². The van der Waals surface area contributed by atoms with Crippen molar-refractivity contribution >= 4 is 23.6 Å². The Kier molecular flexibility index (Phi) is 5.39. The van der Waals surface area contributed by atoms with Crippen molar-refractivity contribution in [3.63, 3.8) is 0 Å². The van der Waals surface area contributed by atoms with E-state index in [2.05, 4.69) is 10.6 Å². The average Bonchev–Trinajstić information content (AvgIpc) is 2.61. The van der Waals surface area contributed by atoms with Crippen LogP contribution in [-0.4, -0.2) is 48.5 Å². The van der Waals surface area contributed by atoms with E-state index in [9.17, 15) is 18.8 Å². The number of benzene rings is 1. The molecule has 2 aliphatic heterocycles. The number of likely N-dealkylation sites (tertiary alicyclic amines) is 1. The van der Waals surface area contributed by atoms with Gasteiger partial charge < -0.3 is 20.3 Å². The van der Waals surface area contributed by atoms with Gasteiger partial charge in [0.1, 0.15) is 5.82 Å². The first kappa shape index (κ1) is 18.2. The highest BCUT2D eigenvalue weighted by Gasteiger charge is 2.33. The molecule has 0 aliphatic carbocycles. The predicted octanol–water partition coefficient (Wildman–Crippen LogP) is 1.99. The molecule has 0 radical (unpaired) electrons. The van der Waals surface area contributed by atoms with Gasteiger partial charge in [0.2, 0.25) is 11.8 Å². The van der Waals surface area contributed by atoms with E-state index in [-0.39, 0.29) is 30.4 Å². The topological polar surface area (TPSA) is 87.7 Å². The van der Waals surface area contributed by atoms with E-state index < -0.39 is 11.7 Å². The van der Waals surface area contributed by atoms with Crippen LogP contribution in [0.2, 0.25) is 0 Å². The van der Waals surface area contributed by atoms with Crippen molar-refractivity contribution in [2.75, 3.05) is 25.0 Å². The van der Waals surface area contributed by atoms with Crippen LogP contribution < -0.4 is 10.6 Å². The van der Waals surface area contributed by atoms with Crippen molar-refractivity contribution in [3.05, 3.63) is 29.6 Å². The zero-order valence-electron chi connectivity index (χ0n) is 14.6. The summed E-state index contributed by atoms with van der Waals surface area (Å²) in [5, 5.41) is 5.57. The second-order valence-corrected chi connectivity index (χ2v) is 6.51. The summed E-state index contributed by atoms with van der Waals surface area (Å²) < 4.78 is 18.4. The summed E-state index contributed by atoms with van der Waals surface area (Å²) in [6, 6.07) is 3.98. The summed E-state index contributed by atoms with van der Waals surface area (Å²) in [5.41, 5.74) is 0.964. The van der Waals surface area contributed by atoms with Gasteiger partial charge in [0.15, 0.2) is 0 Å². The zero-order chi connectivity index (χ0) is 18.7. The van der Waals surface area contributed by atoms with Crippen LogP contribution in [0.25, 0.3) is 0 Å². The van der Waals surface area contributed by atoms with Crippen LogP contribution in [0.15, 0.2) is 18.2 Å². The molecule has 1 fully saturated rings. The van der Waals surface area contributed by atoms with Crippen LogP contribution in [-0.2, 0) is 14.3 Å². The minimum Gasteiger partial charge on any atom is -0.450 e. The molecule has 0 spiro atoms. The Morgan fingerprint density at radius 1 is 1.35 bits per heavy atom. The Morgan fingerprint density at radius 2 is 2.08 bits per heavy atom. The summed E-state index contributed by atoms with van der Waals surface area (Å²) in [7, 11) is 0. The van der Waals surface area contributed by atoms with E-state index in [4.69, 9.17) is 4.74 Å². The summed E-state index contributed by atoms with van der Waals surface area (Å²) in [6.45, 7) is 3.11. The molecule has 7 nitrogen and oxygen atoms in total. The lowest BCUT2D eigenvalue weighted by Crippen LogP contribution is -2.48. The molecule has 1 aromatic rings. The van der Waals surface area contributed by atoms with E-state index >= 15 is 0 Å². The molecule has 140 valence electrons. The first-order valence-corrected chi connectivity index (χ1v) is 8.79. The van der Waals surface area contributed by atoms with Crippen molar-refractivity contribution < 1.29 is 23.5 Å². The first-order valence-electron chi connectivity index (χ1n) is 8.79. The number of nitrogens with zero attached hydrogens (tertiary/aromatic N) is 1. The Balaban J connectivity index is 1.61. The van der Waals surface area contributed by atoms with Gasteiger partial charge in [0.25, 0.3) is 0 Å². The standard InChI is InChI=1S/C18H22FN3O4/c1-2-26-18(25)22-7-5-12(6-8-22)20-17(24)14-10-16(23)21-15-9-11(19)3-4-13(14)15/h3-4,9,12,14H,2,5-8,10H2,1H3,(H,20,24)(H,21,23). The number of hydrogen-bond acceptors (Lipinski definition) is 4. The fourth-order valence-corrected chi connectivity index (χ4v) is 3.39. The van der Waals surface area contributed by atoms with Crippen molar-refractivity contribution in [3.8, 4) is 0 Å².